The average molecular weight is 208 g/mol. The van der Waals surface area contributed by atoms with E-state index in [9.17, 15) is 0 Å². The van der Waals surface area contributed by atoms with Crippen molar-refractivity contribution in [3.63, 3.8) is 0 Å². The molecule has 0 aliphatic carbocycles. The lowest BCUT2D eigenvalue weighted by Gasteiger charge is -1.98. The molecule has 74 valence electrons. The Morgan fingerprint density at radius 2 is 2.21 bits per heavy atom. The van der Waals surface area contributed by atoms with E-state index in [4.69, 9.17) is 17.1 Å². The van der Waals surface area contributed by atoms with Gasteiger partial charge in [-0.1, -0.05) is 47.7 Å². The standard InChI is InChI=1S/C10H12N2OS/c1-11-10(14)7-12-13-8-9-5-3-2-4-6-9/h2-7H,8H2,1H3,(H,11,14)/b12-7-. The van der Waals surface area contributed by atoms with Crippen LogP contribution in [-0.4, -0.2) is 18.3 Å². The van der Waals surface area contributed by atoms with E-state index >= 15 is 0 Å². The number of nitrogens with one attached hydrogen (secondary N) is 1. The molecule has 4 heteroatoms. The SMILES string of the molecule is CNC(=S)/C=N\OCc1ccccc1. The van der Waals surface area contributed by atoms with Crippen molar-refractivity contribution in [2.75, 3.05) is 7.05 Å². The summed E-state index contributed by atoms with van der Waals surface area (Å²) < 4.78 is 0. The van der Waals surface area contributed by atoms with Crippen LogP contribution in [0.1, 0.15) is 5.56 Å². The fourth-order valence-electron chi connectivity index (χ4n) is 0.836. The average Bonchev–Trinajstić information content (AvgIpc) is 2.25. The van der Waals surface area contributed by atoms with Gasteiger partial charge in [0.2, 0.25) is 0 Å². The number of benzene rings is 1. The van der Waals surface area contributed by atoms with Gasteiger partial charge in [-0.05, 0) is 5.56 Å². The molecule has 0 aliphatic rings. The summed E-state index contributed by atoms with van der Waals surface area (Å²) in [7, 11) is 1.74. The van der Waals surface area contributed by atoms with Crippen molar-refractivity contribution in [1.29, 1.82) is 0 Å². The fraction of sp³-hybridized carbons (Fsp3) is 0.200. The van der Waals surface area contributed by atoms with Crippen molar-refractivity contribution in [2.45, 2.75) is 6.61 Å². The van der Waals surface area contributed by atoms with Crippen molar-refractivity contribution < 1.29 is 4.84 Å². The van der Waals surface area contributed by atoms with Gasteiger partial charge in [-0.2, -0.15) is 0 Å². The molecule has 0 spiro atoms. The number of hydrogen-bond acceptors (Lipinski definition) is 3. The van der Waals surface area contributed by atoms with Crippen molar-refractivity contribution in [1.82, 2.24) is 5.32 Å². The van der Waals surface area contributed by atoms with Gasteiger partial charge in [0, 0.05) is 7.05 Å². The molecule has 1 rings (SSSR count). The van der Waals surface area contributed by atoms with Crippen LogP contribution in [0.2, 0.25) is 0 Å². The summed E-state index contributed by atoms with van der Waals surface area (Å²) in [5.41, 5.74) is 1.08. The summed E-state index contributed by atoms with van der Waals surface area (Å²) in [5, 5.41) is 6.47. The maximum Gasteiger partial charge on any atom is 0.142 e. The first-order valence-corrected chi connectivity index (χ1v) is 4.64. The maximum atomic E-state index is 5.03. The summed E-state index contributed by atoms with van der Waals surface area (Å²) in [6.07, 6.45) is 1.47. The predicted molar refractivity (Wildman–Crippen MR) is 61.4 cm³/mol. The third kappa shape index (κ3) is 4.00. The molecule has 1 N–H and O–H groups in total. The van der Waals surface area contributed by atoms with Gasteiger partial charge in [-0.3, -0.25) is 0 Å². The quantitative estimate of drug-likeness (QED) is 0.465. The minimum Gasteiger partial charge on any atom is -0.391 e. The molecule has 0 atom stereocenters. The second kappa shape index (κ2) is 6.10. The molecule has 1 aromatic carbocycles. The van der Waals surface area contributed by atoms with E-state index in [0.29, 0.717) is 11.6 Å². The third-order valence-corrected chi connectivity index (χ3v) is 1.87. The van der Waals surface area contributed by atoms with Crippen molar-refractivity contribution >= 4 is 23.4 Å². The number of rotatable bonds is 4. The second-order valence-corrected chi connectivity index (χ2v) is 3.05. The van der Waals surface area contributed by atoms with Crippen LogP contribution in [0, 0.1) is 0 Å². The summed E-state index contributed by atoms with van der Waals surface area (Å²) in [6.45, 7) is 0.462. The minimum absolute atomic E-state index is 0.462. The Morgan fingerprint density at radius 3 is 2.86 bits per heavy atom. The monoisotopic (exact) mass is 208 g/mol. The molecular weight excluding hydrogens is 196 g/mol. The van der Waals surface area contributed by atoms with E-state index in [1.165, 1.54) is 6.21 Å². The Morgan fingerprint density at radius 1 is 1.50 bits per heavy atom. The first-order chi connectivity index (χ1) is 6.83. The highest BCUT2D eigenvalue weighted by Gasteiger charge is 1.89. The summed E-state index contributed by atoms with van der Waals surface area (Å²) in [4.78, 5) is 5.59. The Bertz CT molecular complexity index is 311. The van der Waals surface area contributed by atoms with Gasteiger partial charge >= 0.3 is 0 Å². The largest absolute Gasteiger partial charge is 0.391 e. The van der Waals surface area contributed by atoms with Gasteiger partial charge in [0.25, 0.3) is 0 Å². The Labute approximate surface area is 88.8 Å². The van der Waals surface area contributed by atoms with Gasteiger partial charge in [0.05, 0.1) is 0 Å². The van der Waals surface area contributed by atoms with Crippen LogP contribution in [0.5, 0.6) is 0 Å². The Hall–Kier alpha value is -1.42. The van der Waals surface area contributed by atoms with Crippen molar-refractivity contribution in [3.05, 3.63) is 35.9 Å². The van der Waals surface area contributed by atoms with E-state index < -0.39 is 0 Å². The van der Waals surface area contributed by atoms with Crippen LogP contribution in [0.25, 0.3) is 0 Å². The molecule has 0 aliphatic heterocycles. The molecule has 3 nitrogen and oxygen atoms in total. The molecule has 0 heterocycles. The first-order valence-electron chi connectivity index (χ1n) is 4.24. The van der Waals surface area contributed by atoms with Gasteiger partial charge < -0.3 is 10.2 Å². The summed E-state index contributed by atoms with van der Waals surface area (Å²) in [6, 6.07) is 9.84. The van der Waals surface area contributed by atoms with Crippen LogP contribution in [0.15, 0.2) is 35.5 Å². The molecule has 0 saturated heterocycles. The van der Waals surface area contributed by atoms with Crippen LogP contribution in [0.3, 0.4) is 0 Å². The predicted octanol–water partition coefficient (Wildman–Crippen LogP) is 1.74. The smallest absolute Gasteiger partial charge is 0.142 e. The van der Waals surface area contributed by atoms with E-state index in [1.54, 1.807) is 7.05 Å². The van der Waals surface area contributed by atoms with E-state index in [-0.39, 0.29) is 0 Å². The Kier molecular flexibility index (Phi) is 4.64. The molecule has 0 bridgehead atoms. The zero-order valence-electron chi connectivity index (χ0n) is 7.93. The highest BCUT2D eigenvalue weighted by Crippen LogP contribution is 1.99. The fourth-order valence-corrected chi connectivity index (χ4v) is 0.879. The number of nitrogens with zero attached hydrogens (tertiary/aromatic N) is 1. The zero-order chi connectivity index (χ0) is 10.2. The molecule has 1 aromatic rings. The number of hydrogen-bond donors (Lipinski definition) is 1. The first kappa shape index (κ1) is 10.7. The lowest BCUT2D eigenvalue weighted by atomic mass is 10.2. The number of thiocarbonyl (C=S) groups is 1. The van der Waals surface area contributed by atoms with Crippen LogP contribution in [0.4, 0.5) is 0 Å². The van der Waals surface area contributed by atoms with Gasteiger partial charge in [-0.25, -0.2) is 0 Å². The lowest BCUT2D eigenvalue weighted by Crippen LogP contribution is -2.16. The van der Waals surface area contributed by atoms with Gasteiger partial charge in [0.1, 0.15) is 17.8 Å². The molecule has 0 unspecified atom stereocenters. The molecular formula is C10H12N2OS. The van der Waals surface area contributed by atoms with Crippen LogP contribution < -0.4 is 5.32 Å². The molecule has 0 amide bonds. The highest BCUT2D eigenvalue weighted by atomic mass is 32.1. The van der Waals surface area contributed by atoms with E-state index in [2.05, 4.69) is 10.5 Å². The molecule has 0 saturated carbocycles. The van der Waals surface area contributed by atoms with Crippen LogP contribution >= 0.6 is 12.2 Å². The minimum atomic E-state index is 0.462. The normalized spacial score (nSPS) is 10.1. The van der Waals surface area contributed by atoms with E-state index in [1.807, 2.05) is 30.3 Å². The second-order valence-electron chi connectivity index (χ2n) is 2.61. The van der Waals surface area contributed by atoms with Crippen LogP contribution in [-0.2, 0) is 11.4 Å². The summed E-state index contributed by atoms with van der Waals surface area (Å²) >= 11 is 4.84. The zero-order valence-corrected chi connectivity index (χ0v) is 8.75. The molecule has 0 fully saturated rings. The molecule has 14 heavy (non-hydrogen) atoms. The van der Waals surface area contributed by atoms with Crippen molar-refractivity contribution in [2.24, 2.45) is 5.16 Å². The topological polar surface area (TPSA) is 33.6 Å². The van der Waals surface area contributed by atoms with Crippen molar-refractivity contribution in [3.8, 4) is 0 Å². The lowest BCUT2D eigenvalue weighted by molar-refractivity contribution is 0.132. The highest BCUT2D eigenvalue weighted by molar-refractivity contribution is 7.81. The molecule has 0 radical (unpaired) electrons. The van der Waals surface area contributed by atoms with Gasteiger partial charge in [0.15, 0.2) is 0 Å². The Balaban J connectivity index is 2.29. The number of oxime groups is 1. The maximum absolute atomic E-state index is 5.03. The third-order valence-electron chi connectivity index (χ3n) is 1.56. The summed E-state index contributed by atoms with van der Waals surface area (Å²) in [5.74, 6) is 0. The van der Waals surface area contributed by atoms with Gasteiger partial charge in [-0.15, -0.1) is 0 Å². The van der Waals surface area contributed by atoms with E-state index in [0.717, 1.165) is 5.56 Å². The molecule has 0 aromatic heterocycles.